The summed E-state index contributed by atoms with van der Waals surface area (Å²) >= 11 is 0. The maximum absolute atomic E-state index is 12.9. The molecule has 0 aromatic heterocycles. The SMILES string of the molecule is COC1C2c3ccc(N)cc3CCN2C(=O)CN1C(=O)C(F)(F)F. The average molecular weight is 343 g/mol. The molecule has 0 spiro atoms. The molecule has 2 aliphatic rings. The van der Waals surface area contributed by atoms with E-state index < -0.39 is 36.8 Å². The molecule has 2 amide bonds. The average Bonchev–Trinajstić information content (AvgIpc) is 2.52. The number of carbonyl (C=O) groups excluding carboxylic acids is 2. The highest BCUT2D eigenvalue weighted by molar-refractivity contribution is 5.89. The first-order valence-electron chi connectivity index (χ1n) is 7.32. The van der Waals surface area contributed by atoms with Crippen LogP contribution >= 0.6 is 0 Å². The Morgan fingerprint density at radius 1 is 1.38 bits per heavy atom. The van der Waals surface area contributed by atoms with E-state index in [9.17, 15) is 22.8 Å². The lowest BCUT2D eigenvalue weighted by atomic mass is 9.89. The summed E-state index contributed by atoms with van der Waals surface area (Å²) in [4.78, 5) is 25.9. The summed E-state index contributed by atoms with van der Waals surface area (Å²) in [6.45, 7) is -0.314. The third-order valence-corrected chi connectivity index (χ3v) is 4.39. The van der Waals surface area contributed by atoms with Crippen LogP contribution in [0.3, 0.4) is 0 Å². The maximum Gasteiger partial charge on any atom is 0.471 e. The molecule has 1 aromatic rings. The van der Waals surface area contributed by atoms with Crippen molar-refractivity contribution in [1.29, 1.82) is 0 Å². The van der Waals surface area contributed by atoms with Gasteiger partial charge in [-0.05, 0) is 29.7 Å². The summed E-state index contributed by atoms with van der Waals surface area (Å²) in [5.41, 5.74) is 7.77. The van der Waals surface area contributed by atoms with Crippen molar-refractivity contribution >= 4 is 17.5 Å². The monoisotopic (exact) mass is 343 g/mol. The van der Waals surface area contributed by atoms with Gasteiger partial charge in [-0.15, -0.1) is 0 Å². The lowest BCUT2D eigenvalue weighted by Gasteiger charge is -2.48. The van der Waals surface area contributed by atoms with Gasteiger partial charge in [0.05, 0.1) is 0 Å². The lowest BCUT2D eigenvalue weighted by molar-refractivity contribution is -0.208. The zero-order valence-electron chi connectivity index (χ0n) is 12.8. The smallest absolute Gasteiger partial charge is 0.399 e. The van der Waals surface area contributed by atoms with Crippen molar-refractivity contribution in [3.8, 4) is 0 Å². The van der Waals surface area contributed by atoms with E-state index in [4.69, 9.17) is 10.5 Å². The number of carbonyl (C=O) groups is 2. The lowest BCUT2D eigenvalue weighted by Crippen LogP contribution is -2.63. The topological polar surface area (TPSA) is 75.9 Å². The predicted molar refractivity (Wildman–Crippen MR) is 77.6 cm³/mol. The number of nitrogens with two attached hydrogens (primary N) is 1. The van der Waals surface area contributed by atoms with Gasteiger partial charge in [-0.2, -0.15) is 13.2 Å². The fourth-order valence-electron chi connectivity index (χ4n) is 3.37. The number of anilines is 1. The van der Waals surface area contributed by atoms with Gasteiger partial charge in [0.1, 0.15) is 12.6 Å². The Labute approximate surface area is 135 Å². The molecule has 24 heavy (non-hydrogen) atoms. The van der Waals surface area contributed by atoms with E-state index in [1.165, 1.54) is 12.0 Å². The molecule has 3 rings (SSSR count). The van der Waals surface area contributed by atoms with Gasteiger partial charge in [0.2, 0.25) is 5.91 Å². The summed E-state index contributed by atoms with van der Waals surface area (Å²) in [6.07, 6.45) is -5.73. The van der Waals surface area contributed by atoms with Crippen molar-refractivity contribution < 1.29 is 27.5 Å². The molecular formula is C15H16F3N3O3. The summed E-state index contributed by atoms with van der Waals surface area (Å²) < 4.78 is 43.8. The quantitative estimate of drug-likeness (QED) is 0.774. The molecule has 1 aromatic carbocycles. The van der Waals surface area contributed by atoms with Crippen LogP contribution in [0.5, 0.6) is 0 Å². The Morgan fingerprint density at radius 2 is 2.08 bits per heavy atom. The van der Waals surface area contributed by atoms with Gasteiger partial charge >= 0.3 is 12.1 Å². The van der Waals surface area contributed by atoms with E-state index in [0.717, 1.165) is 5.56 Å². The van der Waals surface area contributed by atoms with Crippen LogP contribution in [0.15, 0.2) is 18.2 Å². The number of nitrogen functional groups attached to an aromatic ring is 1. The van der Waals surface area contributed by atoms with Crippen LogP contribution in [-0.2, 0) is 20.7 Å². The minimum Gasteiger partial charge on any atom is -0.399 e. The number of ether oxygens (including phenoxy) is 1. The van der Waals surface area contributed by atoms with E-state index in [2.05, 4.69) is 0 Å². The van der Waals surface area contributed by atoms with Crippen molar-refractivity contribution in [1.82, 2.24) is 9.80 Å². The molecule has 6 nitrogen and oxygen atoms in total. The summed E-state index contributed by atoms with van der Waals surface area (Å²) in [6, 6.07) is 4.23. The fraction of sp³-hybridized carbons (Fsp3) is 0.467. The number of fused-ring (bicyclic) bond motifs is 3. The minimum absolute atomic E-state index is 0.341. The number of methoxy groups -OCH3 is 1. The molecule has 2 unspecified atom stereocenters. The standard InChI is InChI=1S/C15H16F3N3O3/c1-24-13-12-10-3-2-9(19)6-8(10)4-5-20(12)11(22)7-21(13)14(23)15(16,17)18/h2-3,6,12-13H,4-5,7,19H2,1H3. The summed E-state index contributed by atoms with van der Waals surface area (Å²) in [7, 11) is 1.22. The molecule has 0 bridgehead atoms. The molecule has 130 valence electrons. The maximum atomic E-state index is 12.9. The molecule has 1 saturated heterocycles. The number of hydrogen-bond donors (Lipinski definition) is 1. The number of halogens is 3. The van der Waals surface area contributed by atoms with E-state index in [1.54, 1.807) is 18.2 Å². The number of piperazine rings is 1. The van der Waals surface area contributed by atoms with Crippen LogP contribution in [0, 0.1) is 0 Å². The van der Waals surface area contributed by atoms with Gasteiger partial charge in [-0.3, -0.25) is 14.5 Å². The first-order valence-corrected chi connectivity index (χ1v) is 7.32. The Kier molecular flexibility index (Phi) is 3.90. The molecule has 0 radical (unpaired) electrons. The van der Waals surface area contributed by atoms with Crippen LogP contribution in [-0.4, -0.2) is 54.2 Å². The third kappa shape index (κ3) is 2.58. The van der Waals surface area contributed by atoms with E-state index in [0.29, 0.717) is 29.1 Å². The molecule has 0 aliphatic carbocycles. The molecule has 9 heteroatoms. The number of nitrogens with zero attached hydrogens (tertiary/aromatic N) is 2. The first kappa shape index (κ1) is 16.6. The van der Waals surface area contributed by atoms with Crippen LogP contribution in [0.2, 0.25) is 0 Å². The molecule has 1 fully saturated rings. The van der Waals surface area contributed by atoms with E-state index in [-0.39, 0.29) is 0 Å². The zero-order chi connectivity index (χ0) is 17.6. The Balaban J connectivity index is 2.05. The number of benzene rings is 1. The molecule has 2 aliphatic heterocycles. The highest BCUT2D eigenvalue weighted by Gasteiger charge is 2.52. The number of hydrogen-bond acceptors (Lipinski definition) is 4. The van der Waals surface area contributed by atoms with Crippen LogP contribution in [0.4, 0.5) is 18.9 Å². The fourth-order valence-corrected chi connectivity index (χ4v) is 3.37. The van der Waals surface area contributed by atoms with Crippen LogP contribution in [0.1, 0.15) is 17.2 Å². The second-order valence-corrected chi connectivity index (χ2v) is 5.80. The largest absolute Gasteiger partial charge is 0.471 e. The van der Waals surface area contributed by atoms with Gasteiger partial charge in [0.15, 0.2) is 6.23 Å². The summed E-state index contributed by atoms with van der Waals surface area (Å²) in [5, 5.41) is 0. The second kappa shape index (κ2) is 5.66. The Morgan fingerprint density at radius 3 is 2.71 bits per heavy atom. The van der Waals surface area contributed by atoms with Gasteiger partial charge in [0.25, 0.3) is 0 Å². The highest BCUT2D eigenvalue weighted by Crippen LogP contribution is 2.39. The normalized spacial score (nSPS) is 23.8. The van der Waals surface area contributed by atoms with Gasteiger partial charge in [-0.1, -0.05) is 6.07 Å². The van der Waals surface area contributed by atoms with Gasteiger partial charge in [0, 0.05) is 19.3 Å². The Bertz CT molecular complexity index is 692. The first-order chi connectivity index (χ1) is 11.2. The van der Waals surface area contributed by atoms with E-state index >= 15 is 0 Å². The molecule has 2 heterocycles. The second-order valence-electron chi connectivity index (χ2n) is 5.80. The van der Waals surface area contributed by atoms with Crippen LogP contribution in [0.25, 0.3) is 0 Å². The highest BCUT2D eigenvalue weighted by atomic mass is 19.4. The number of alkyl halides is 3. The molecular weight excluding hydrogens is 327 g/mol. The van der Waals surface area contributed by atoms with Crippen LogP contribution < -0.4 is 5.73 Å². The van der Waals surface area contributed by atoms with Crippen molar-refractivity contribution in [2.24, 2.45) is 0 Å². The third-order valence-electron chi connectivity index (χ3n) is 4.39. The van der Waals surface area contributed by atoms with Crippen molar-refractivity contribution in [2.75, 3.05) is 25.9 Å². The van der Waals surface area contributed by atoms with E-state index in [1.807, 2.05) is 0 Å². The van der Waals surface area contributed by atoms with Gasteiger partial charge in [-0.25, -0.2) is 0 Å². The van der Waals surface area contributed by atoms with Crippen molar-refractivity contribution in [2.45, 2.75) is 24.9 Å². The molecule has 2 atom stereocenters. The molecule has 0 saturated carbocycles. The minimum atomic E-state index is -5.07. The van der Waals surface area contributed by atoms with Gasteiger partial charge < -0.3 is 15.4 Å². The molecule has 2 N–H and O–H groups in total. The van der Waals surface area contributed by atoms with Crippen molar-refractivity contribution in [3.63, 3.8) is 0 Å². The van der Waals surface area contributed by atoms with Crippen molar-refractivity contribution in [3.05, 3.63) is 29.3 Å². The zero-order valence-corrected chi connectivity index (χ0v) is 12.8. The number of amides is 2. The Hall–Kier alpha value is -2.29. The summed E-state index contributed by atoms with van der Waals surface area (Å²) in [5.74, 6) is -2.61. The predicted octanol–water partition coefficient (Wildman–Crippen LogP) is 1.07. The number of rotatable bonds is 1.